The van der Waals surface area contributed by atoms with Crippen LogP contribution in [0.1, 0.15) is 40.5 Å². The number of hydrogen-bond acceptors (Lipinski definition) is 3. The number of alkyl carbamates (subject to hydrolysis) is 1. The van der Waals surface area contributed by atoms with Crippen molar-refractivity contribution in [3.63, 3.8) is 0 Å². The van der Waals surface area contributed by atoms with Crippen LogP contribution in [-0.4, -0.2) is 30.3 Å². The molecule has 2 rings (SSSR count). The summed E-state index contributed by atoms with van der Waals surface area (Å²) in [5.41, 5.74) is -0.219. The minimum absolute atomic E-state index is 0.0133. The van der Waals surface area contributed by atoms with Gasteiger partial charge in [-0.1, -0.05) is 6.92 Å². The van der Waals surface area contributed by atoms with Gasteiger partial charge in [0.15, 0.2) is 0 Å². The summed E-state index contributed by atoms with van der Waals surface area (Å²) in [5, 5.41) is 6.34. The standard InChI is InChI=1S/C12H22N2O2/c1-10(2,3)16-9(15)14-12(5-6-12)11(4)7-13-8-11/h13H,5-8H2,1-4H3,(H,14,15). The second-order valence-electron chi connectivity index (χ2n) is 6.37. The second kappa shape index (κ2) is 3.36. The average Bonchev–Trinajstić information content (AvgIpc) is 2.77. The normalized spacial score (nSPS) is 25.5. The van der Waals surface area contributed by atoms with Gasteiger partial charge < -0.3 is 15.4 Å². The molecule has 1 amide bonds. The molecule has 0 unspecified atom stereocenters. The number of carbonyl (C=O) groups is 1. The average molecular weight is 226 g/mol. The van der Waals surface area contributed by atoms with E-state index in [1.165, 1.54) is 0 Å². The highest BCUT2D eigenvalue weighted by atomic mass is 16.6. The maximum absolute atomic E-state index is 11.7. The van der Waals surface area contributed by atoms with E-state index >= 15 is 0 Å². The molecule has 1 saturated heterocycles. The van der Waals surface area contributed by atoms with E-state index in [0.29, 0.717) is 0 Å². The van der Waals surface area contributed by atoms with Crippen LogP contribution in [0.15, 0.2) is 0 Å². The largest absolute Gasteiger partial charge is 0.444 e. The minimum atomic E-state index is -0.418. The molecular weight excluding hydrogens is 204 g/mol. The van der Waals surface area contributed by atoms with Crippen molar-refractivity contribution in [3.8, 4) is 0 Å². The zero-order chi connectivity index (χ0) is 12.0. The highest BCUT2D eigenvalue weighted by molar-refractivity contribution is 5.69. The van der Waals surface area contributed by atoms with E-state index in [1.54, 1.807) is 0 Å². The molecule has 92 valence electrons. The van der Waals surface area contributed by atoms with Gasteiger partial charge >= 0.3 is 6.09 Å². The maximum Gasteiger partial charge on any atom is 0.408 e. The van der Waals surface area contributed by atoms with Crippen LogP contribution in [0.3, 0.4) is 0 Å². The van der Waals surface area contributed by atoms with Crippen LogP contribution < -0.4 is 10.6 Å². The first-order valence-electron chi connectivity index (χ1n) is 5.98. The predicted molar refractivity (Wildman–Crippen MR) is 62.3 cm³/mol. The Kier molecular flexibility index (Phi) is 2.46. The lowest BCUT2D eigenvalue weighted by Crippen LogP contribution is -2.64. The van der Waals surface area contributed by atoms with Crippen LogP contribution in [-0.2, 0) is 4.74 Å². The first kappa shape index (κ1) is 11.7. The molecule has 0 bridgehead atoms. The van der Waals surface area contributed by atoms with Crippen LogP contribution in [0.5, 0.6) is 0 Å². The summed E-state index contributed by atoms with van der Waals surface area (Å²) in [6.07, 6.45) is 1.87. The number of hydrogen-bond donors (Lipinski definition) is 2. The van der Waals surface area contributed by atoms with Gasteiger partial charge in [0, 0.05) is 18.5 Å². The zero-order valence-corrected chi connectivity index (χ0v) is 10.6. The summed E-state index contributed by atoms with van der Waals surface area (Å²) in [4.78, 5) is 11.7. The van der Waals surface area contributed by atoms with Gasteiger partial charge in [0.1, 0.15) is 5.60 Å². The zero-order valence-electron chi connectivity index (χ0n) is 10.6. The Balaban J connectivity index is 1.92. The molecular formula is C12H22N2O2. The topological polar surface area (TPSA) is 50.4 Å². The Morgan fingerprint density at radius 1 is 1.31 bits per heavy atom. The van der Waals surface area contributed by atoms with Crippen LogP contribution >= 0.6 is 0 Å². The third kappa shape index (κ3) is 2.03. The van der Waals surface area contributed by atoms with Crippen molar-refractivity contribution in [2.24, 2.45) is 5.41 Å². The molecule has 4 heteroatoms. The summed E-state index contributed by atoms with van der Waals surface area (Å²) in [7, 11) is 0. The van der Waals surface area contributed by atoms with Crippen LogP contribution in [0.25, 0.3) is 0 Å². The van der Waals surface area contributed by atoms with Gasteiger partial charge in [0.2, 0.25) is 0 Å². The highest BCUT2D eigenvalue weighted by Gasteiger charge is 2.60. The minimum Gasteiger partial charge on any atom is -0.444 e. The summed E-state index contributed by atoms with van der Waals surface area (Å²) in [6.45, 7) is 9.87. The van der Waals surface area contributed by atoms with Gasteiger partial charge in [-0.25, -0.2) is 4.79 Å². The molecule has 4 nitrogen and oxygen atoms in total. The molecule has 0 radical (unpaired) electrons. The third-order valence-corrected chi connectivity index (χ3v) is 3.68. The SMILES string of the molecule is CC(C)(C)OC(=O)NC1(C2(C)CNC2)CC1. The predicted octanol–water partition coefficient (Wildman–Crippen LogP) is 1.65. The molecule has 0 aromatic heterocycles. The number of rotatable bonds is 2. The molecule has 2 N–H and O–H groups in total. The van der Waals surface area contributed by atoms with Crippen LogP contribution in [0.2, 0.25) is 0 Å². The fraction of sp³-hybridized carbons (Fsp3) is 0.917. The van der Waals surface area contributed by atoms with E-state index in [1.807, 2.05) is 20.8 Å². The maximum atomic E-state index is 11.7. The molecule has 0 aromatic carbocycles. The van der Waals surface area contributed by atoms with Crippen LogP contribution in [0.4, 0.5) is 4.79 Å². The Morgan fingerprint density at radius 2 is 1.88 bits per heavy atom. The van der Waals surface area contributed by atoms with E-state index < -0.39 is 5.60 Å². The first-order valence-corrected chi connectivity index (χ1v) is 5.98. The van der Waals surface area contributed by atoms with Gasteiger partial charge in [-0.05, 0) is 33.6 Å². The van der Waals surface area contributed by atoms with Crippen LogP contribution in [0, 0.1) is 5.41 Å². The Morgan fingerprint density at radius 3 is 2.19 bits per heavy atom. The van der Waals surface area contributed by atoms with Crippen molar-refractivity contribution < 1.29 is 9.53 Å². The molecule has 0 spiro atoms. The van der Waals surface area contributed by atoms with Crippen molar-refractivity contribution in [1.29, 1.82) is 0 Å². The fourth-order valence-electron chi connectivity index (χ4n) is 2.34. The Bertz CT molecular complexity index is 299. The van der Waals surface area contributed by atoms with Crippen molar-refractivity contribution >= 4 is 6.09 Å². The lowest BCUT2D eigenvalue weighted by atomic mass is 9.74. The first-order chi connectivity index (χ1) is 7.27. The molecule has 1 saturated carbocycles. The van der Waals surface area contributed by atoms with Crippen molar-refractivity contribution in [2.45, 2.75) is 51.7 Å². The number of amides is 1. The summed E-state index contributed by atoms with van der Waals surface area (Å²) >= 11 is 0. The summed E-state index contributed by atoms with van der Waals surface area (Å²) in [6, 6.07) is 0. The lowest BCUT2D eigenvalue weighted by Gasteiger charge is -2.46. The van der Waals surface area contributed by atoms with Gasteiger partial charge in [-0.15, -0.1) is 0 Å². The Hall–Kier alpha value is -0.770. The van der Waals surface area contributed by atoms with Gasteiger partial charge in [-0.3, -0.25) is 0 Å². The van der Waals surface area contributed by atoms with Crippen molar-refractivity contribution in [2.75, 3.05) is 13.1 Å². The van der Waals surface area contributed by atoms with Gasteiger partial charge in [0.05, 0.1) is 5.54 Å². The molecule has 1 aliphatic heterocycles. The van der Waals surface area contributed by atoms with E-state index in [2.05, 4.69) is 17.6 Å². The summed E-state index contributed by atoms with van der Waals surface area (Å²) < 4.78 is 5.31. The Labute approximate surface area is 97.1 Å². The van der Waals surface area contributed by atoms with Crippen molar-refractivity contribution in [1.82, 2.24) is 10.6 Å². The third-order valence-electron chi connectivity index (χ3n) is 3.68. The molecule has 2 aliphatic rings. The monoisotopic (exact) mass is 226 g/mol. The van der Waals surface area contributed by atoms with E-state index in [9.17, 15) is 4.79 Å². The number of nitrogens with one attached hydrogen (secondary N) is 2. The van der Waals surface area contributed by atoms with E-state index in [4.69, 9.17) is 4.74 Å². The van der Waals surface area contributed by atoms with Crippen molar-refractivity contribution in [3.05, 3.63) is 0 Å². The molecule has 0 atom stereocenters. The van der Waals surface area contributed by atoms with Gasteiger partial charge in [0.25, 0.3) is 0 Å². The molecule has 2 fully saturated rings. The number of ether oxygens (including phenoxy) is 1. The second-order valence-corrected chi connectivity index (χ2v) is 6.37. The smallest absolute Gasteiger partial charge is 0.408 e. The highest BCUT2D eigenvalue weighted by Crippen LogP contribution is 2.52. The molecule has 0 aromatic rings. The van der Waals surface area contributed by atoms with E-state index in [0.717, 1.165) is 25.9 Å². The quantitative estimate of drug-likeness (QED) is 0.753. The molecule has 1 aliphatic carbocycles. The molecule has 1 heterocycles. The fourth-order valence-corrected chi connectivity index (χ4v) is 2.34. The molecule has 16 heavy (non-hydrogen) atoms. The van der Waals surface area contributed by atoms with E-state index in [-0.39, 0.29) is 17.0 Å². The number of carbonyl (C=O) groups excluding carboxylic acids is 1. The van der Waals surface area contributed by atoms with Gasteiger partial charge in [-0.2, -0.15) is 0 Å². The summed E-state index contributed by atoms with van der Waals surface area (Å²) in [5.74, 6) is 0. The lowest BCUT2D eigenvalue weighted by molar-refractivity contribution is 0.0362.